The average molecular weight is 504 g/mol. The highest BCUT2D eigenvalue weighted by molar-refractivity contribution is 7.92. The third-order valence-electron chi connectivity index (χ3n) is 5.49. The first kappa shape index (κ1) is 24.1. The van der Waals surface area contributed by atoms with Crippen molar-refractivity contribution in [3.05, 3.63) is 30.1 Å². The molecule has 0 bridgehead atoms. The van der Waals surface area contributed by atoms with Crippen LogP contribution in [0.3, 0.4) is 0 Å². The molecule has 14 heteroatoms. The van der Waals surface area contributed by atoms with Gasteiger partial charge in [-0.1, -0.05) is 0 Å². The molecule has 1 fully saturated rings. The van der Waals surface area contributed by atoms with Crippen molar-refractivity contribution in [2.75, 3.05) is 36.0 Å². The van der Waals surface area contributed by atoms with Crippen molar-refractivity contribution in [1.82, 2.24) is 9.78 Å². The number of aromatic nitrogens is 2. The topological polar surface area (TPSA) is 112 Å². The van der Waals surface area contributed by atoms with Gasteiger partial charge in [0.2, 0.25) is 5.60 Å². The molecule has 1 saturated heterocycles. The van der Waals surface area contributed by atoms with Crippen LogP contribution >= 0.6 is 0 Å². The number of benzene rings is 1. The number of nitrogens with zero attached hydrogens (tertiary/aromatic N) is 3. The number of hydrogen-bond acceptors (Lipinski definition) is 7. The standard InChI is InChI=1S/C20H23F3N4O6S/c1-12-17(9-26(25-12)14-10-31-11-14)34(29,30)27-6-7-32-16-5-4-13(8-15(16)27)24-18(28)33-19(2,3)20(21,22)23/h4-5,8-9,14H,6-7,10-11H2,1-3H3,(H,24,28). The predicted molar refractivity (Wildman–Crippen MR) is 114 cm³/mol. The van der Waals surface area contributed by atoms with E-state index in [1.165, 1.54) is 24.4 Å². The van der Waals surface area contributed by atoms with Gasteiger partial charge in [0.05, 0.1) is 37.2 Å². The number of anilines is 2. The van der Waals surface area contributed by atoms with Crippen LogP contribution in [-0.4, -0.2) is 62.4 Å². The van der Waals surface area contributed by atoms with Gasteiger partial charge in [-0.2, -0.15) is 18.3 Å². The van der Waals surface area contributed by atoms with E-state index in [4.69, 9.17) is 9.47 Å². The van der Waals surface area contributed by atoms with Gasteiger partial charge in [0, 0.05) is 11.9 Å². The smallest absolute Gasteiger partial charge is 0.427 e. The van der Waals surface area contributed by atoms with Gasteiger partial charge in [0.1, 0.15) is 17.3 Å². The molecule has 4 rings (SSSR count). The van der Waals surface area contributed by atoms with Crippen LogP contribution in [0, 0.1) is 6.92 Å². The summed E-state index contributed by atoms with van der Waals surface area (Å²) in [5.74, 6) is 0.238. The summed E-state index contributed by atoms with van der Waals surface area (Å²) in [4.78, 5) is 12.1. The molecule has 10 nitrogen and oxygen atoms in total. The van der Waals surface area contributed by atoms with Gasteiger partial charge in [0.15, 0.2) is 0 Å². The van der Waals surface area contributed by atoms with Crippen LogP contribution in [0.2, 0.25) is 0 Å². The molecule has 0 radical (unpaired) electrons. The minimum absolute atomic E-state index is 0.0111. The number of amides is 1. The number of alkyl halides is 3. The lowest BCUT2D eigenvalue weighted by Crippen LogP contribution is -2.44. The first-order valence-corrected chi connectivity index (χ1v) is 11.7. The molecular formula is C20H23F3N4O6S. The van der Waals surface area contributed by atoms with Crippen LogP contribution in [-0.2, 0) is 19.5 Å². The number of hydrogen-bond donors (Lipinski definition) is 1. The van der Waals surface area contributed by atoms with E-state index in [-0.39, 0.29) is 41.2 Å². The molecule has 0 unspecified atom stereocenters. The number of fused-ring (bicyclic) bond motifs is 1. The zero-order valence-corrected chi connectivity index (χ0v) is 19.4. The first-order valence-electron chi connectivity index (χ1n) is 10.3. The van der Waals surface area contributed by atoms with Crippen molar-refractivity contribution in [3.63, 3.8) is 0 Å². The number of aryl methyl sites for hydroxylation is 1. The number of rotatable bonds is 5. The van der Waals surface area contributed by atoms with Crippen molar-refractivity contribution in [1.29, 1.82) is 0 Å². The molecule has 2 aliphatic rings. The second-order valence-corrected chi connectivity index (χ2v) is 10.2. The molecule has 2 aliphatic heterocycles. The van der Waals surface area contributed by atoms with Gasteiger partial charge >= 0.3 is 12.3 Å². The monoisotopic (exact) mass is 504 g/mol. The van der Waals surface area contributed by atoms with E-state index in [0.717, 1.165) is 18.2 Å². The molecule has 1 N–H and O–H groups in total. The van der Waals surface area contributed by atoms with Crippen LogP contribution in [0.15, 0.2) is 29.3 Å². The van der Waals surface area contributed by atoms with E-state index >= 15 is 0 Å². The molecule has 1 aromatic carbocycles. The lowest BCUT2D eigenvalue weighted by molar-refractivity contribution is -0.242. The van der Waals surface area contributed by atoms with E-state index in [2.05, 4.69) is 15.2 Å². The molecule has 2 aromatic rings. The summed E-state index contributed by atoms with van der Waals surface area (Å²) in [6.07, 6.45) is -4.66. The summed E-state index contributed by atoms with van der Waals surface area (Å²) >= 11 is 0. The number of ether oxygens (including phenoxy) is 3. The molecule has 1 amide bonds. The summed E-state index contributed by atoms with van der Waals surface area (Å²) in [6.45, 7) is 3.99. The fourth-order valence-corrected chi connectivity index (χ4v) is 4.96. The maximum atomic E-state index is 13.5. The van der Waals surface area contributed by atoms with E-state index in [9.17, 15) is 26.4 Å². The Bertz CT molecular complexity index is 1210. The van der Waals surface area contributed by atoms with Crippen molar-refractivity contribution >= 4 is 27.5 Å². The third-order valence-corrected chi connectivity index (χ3v) is 7.41. The fraction of sp³-hybridized carbons (Fsp3) is 0.500. The summed E-state index contributed by atoms with van der Waals surface area (Å²) < 4.78 is 83.9. The number of sulfonamides is 1. The Morgan fingerprint density at radius 1 is 1.26 bits per heavy atom. The highest BCUT2D eigenvalue weighted by atomic mass is 32.2. The Labute approximate surface area is 193 Å². The molecule has 1 aromatic heterocycles. The summed E-state index contributed by atoms with van der Waals surface area (Å²) in [5, 5.41) is 6.50. The Morgan fingerprint density at radius 3 is 2.59 bits per heavy atom. The van der Waals surface area contributed by atoms with Crippen LogP contribution in [0.5, 0.6) is 5.75 Å². The summed E-state index contributed by atoms with van der Waals surface area (Å²) in [7, 11) is -4.06. The molecule has 3 heterocycles. The minimum Gasteiger partial charge on any atom is -0.489 e. The highest BCUT2D eigenvalue weighted by Crippen LogP contribution is 2.38. The second-order valence-electron chi connectivity index (χ2n) is 8.38. The fourth-order valence-electron chi connectivity index (χ4n) is 3.35. The zero-order valence-electron chi connectivity index (χ0n) is 18.5. The van der Waals surface area contributed by atoms with Crippen LogP contribution in [0.4, 0.5) is 29.3 Å². The Balaban J connectivity index is 1.60. The van der Waals surface area contributed by atoms with Gasteiger partial charge in [-0.25, -0.2) is 13.2 Å². The number of carbonyl (C=O) groups excluding carboxylic acids is 1. The highest BCUT2D eigenvalue weighted by Gasteiger charge is 2.51. The van der Waals surface area contributed by atoms with Gasteiger partial charge in [-0.05, 0) is 39.0 Å². The van der Waals surface area contributed by atoms with Gasteiger partial charge < -0.3 is 14.2 Å². The zero-order chi connectivity index (χ0) is 24.9. The lowest BCUT2D eigenvalue weighted by Gasteiger charge is -2.31. The Morgan fingerprint density at radius 2 is 1.97 bits per heavy atom. The molecule has 0 aliphatic carbocycles. The van der Waals surface area contributed by atoms with Gasteiger partial charge in [0.25, 0.3) is 10.0 Å². The maximum absolute atomic E-state index is 13.5. The number of nitrogens with one attached hydrogen (secondary N) is 1. The second kappa shape index (κ2) is 8.34. The lowest BCUT2D eigenvalue weighted by atomic mass is 10.1. The van der Waals surface area contributed by atoms with Crippen LogP contribution in [0.1, 0.15) is 25.6 Å². The molecular weight excluding hydrogens is 481 g/mol. The van der Waals surface area contributed by atoms with Crippen molar-refractivity contribution in [3.8, 4) is 5.75 Å². The largest absolute Gasteiger partial charge is 0.489 e. The van der Waals surface area contributed by atoms with Gasteiger partial charge in [-0.15, -0.1) is 0 Å². The summed E-state index contributed by atoms with van der Waals surface area (Å²) in [5.41, 5.74) is -2.25. The molecule has 0 atom stereocenters. The van der Waals surface area contributed by atoms with Crippen LogP contribution in [0.25, 0.3) is 0 Å². The molecule has 0 spiro atoms. The third kappa shape index (κ3) is 4.39. The average Bonchev–Trinajstić information content (AvgIpc) is 3.06. The number of carbonyl (C=O) groups is 1. The Kier molecular flexibility index (Phi) is 5.92. The Hall–Kier alpha value is -3.00. The minimum atomic E-state index is -4.77. The normalized spacial score (nSPS) is 16.9. The molecule has 34 heavy (non-hydrogen) atoms. The van der Waals surface area contributed by atoms with E-state index in [1.54, 1.807) is 11.6 Å². The van der Waals surface area contributed by atoms with E-state index in [0.29, 0.717) is 18.9 Å². The predicted octanol–water partition coefficient (Wildman–Crippen LogP) is 3.24. The first-order chi connectivity index (χ1) is 15.8. The van der Waals surface area contributed by atoms with Crippen molar-refractivity contribution in [2.24, 2.45) is 0 Å². The molecule has 186 valence electrons. The van der Waals surface area contributed by atoms with Crippen LogP contribution < -0.4 is 14.4 Å². The van der Waals surface area contributed by atoms with E-state index < -0.39 is 27.9 Å². The SMILES string of the molecule is Cc1nn(C2COC2)cc1S(=O)(=O)N1CCOc2ccc(NC(=O)OC(C)(C)C(F)(F)F)cc21. The summed E-state index contributed by atoms with van der Waals surface area (Å²) in [6, 6.07) is 4.05. The quantitative estimate of drug-likeness (QED) is 0.665. The van der Waals surface area contributed by atoms with Crippen molar-refractivity contribution in [2.45, 2.75) is 43.5 Å². The number of halogens is 3. The van der Waals surface area contributed by atoms with Crippen molar-refractivity contribution < 1.29 is 40.6 Å². The maximum Gasteiger partial charge on any atom is 0.427 e. The van der Waals surface area contributed by atoms with E-state index in [1.807, 2.05) is 0 Å². The molecule has 0 saturated carbocycles. The van der Waals surface area contributed by atoms with Gasteiger partial charge in [-0.3, -0.25) is 14.3 Å².